The summed E-state index contributed by atoms with van der Waals surface area (Å²) in [4.78, 5) is 5.92. The van der Waals surface area contributed by atoms with Crippen molar-refractivity contribution in [1.29, 1.82) is 0 Å². The molecule has 4 nitrogen and oxygen atoms in total. The molecule has 0 saturated heterocycles. The summed E-state index contributed by atoms with van der Waals surface area (Å²) in [6.07, 6.45) is 0. The van der Waals surface area contributed by atoms with E-state index in [-0.39, 0.29) is 0 Å². The summed E-state index contributed by atoms with van der Waals surface area (Å²) in [5.41, 5.74) is 2.69. The van der Waals surface area contributed by atoms with Crippen LogP contribution in [0.3, 0.4) is 0 Å². The zero-order valence-corrected chi connectivity index (χ0v) is 9.47. The molecule has 2 heterocycles. The number of nitrogens with one attached hydrogen (secondary N) is 3. The molecule has 2 rings (SSSR count). The van der Waals surface area contributed by atoms with E-state index in [1.54, 1.807) is 0 Å². The van der Waals surface area contributed by atoms with Crippen LogP contribution in [0, 0.1) is 9.41 Å². The van der Waals surface area contributed by atoms with Gasteiger partial charge in [0.15, 0.2) is 4.77 Å². The highest BCUT2D eigenvalue weighted by molar-refractivity contribution is 7.72. The van der Waals surface area contributed by atoms with Crippen LogP contribution in [0.4, 0.5) is 0 Å². The Balaban J connectivity index is 2.92. The van der Waals surface area contributed by atoms with Crippen molar-refractivity contribution in [2.45, 2.75) is 19.8 Å². The standard InChI is InChI=1S/C8H10N4S2/c1-3(2)4-5-6(12-11-4)7(13)10-8(14)9-5/h3H,1-2H3,(H,11,12)(H2,9,10,13,14). The maximum Gasteiger partial charge on any atom is 0.176 e. The second-order valence-corrected chi connectivity index (χ2v) is 4.24. The number of hydrogen-bond donors (Lipinski definition) is 3. The van der Waals surface area contributed by atoms with Crippen LogP contribution in [-0.2, 0) is 0 Å². The van der Waals surface area contributed by atoms with Gasteiger partial charge in [-0.1, -0.05) is 26.1 Å². The summed E-state index contributed by atoms with van der Waals surface area (Å²) in [6, 6.07) is 0. The number of nitrogens with zero attached hydrogens (tertiary/aromatic N) is 1. The Morgan fingerprint density at radius 2 is 1.93 bits per heavy atom. The van der Waals surface area contributed by atoms with Gasteiger partial charge >= 0.3 is 0 Å². The van der Waals surface area contributed by atoms with Crippen molar-refractivity contribution in [1.82, 2.24) is 20.2 Å². The van der Waals surface area contributed by atoms with E-state index in [2.05, 4.69) is 34.0 Å². The monoisotopic (exact) mass is 226 g/mol. The van der Waals surface area contributed by atoms with Gasteiger partial charge in [0, 0.05) is 0 Å². The van der Waals surface area contributed by atoms with E-state index in [1.807, 2.05) is 0 Å². The summed E-state index contributed by atoms with van der Waals surface area (Å²) in [5.74, 6) is 0.363. The molecule has 0 spiro atoms. The molecule has 0 atom stereocenters. The van der Waals surface area contributed by atoms with E-state index in [0.29, 0.717) is 15.3 Å². The van der Waals surface area contributed by atoms with Crippen LogP contribution >= 0.6 is 24.4 Å². The van der Waals surface area contributed by atoms with Gasteiger partial charge in [-0.05, 0) is 18.1 Å². The van der Waals surface area contributed by atoms with Crippen molar-refractivity contribution in [3.63, 3.8) is 0 Å². The molecule has 0 aromatic carbocycles. The molecule has 0 fully saturated rings. The first-order valence-corrected chi connectivity index (χ1v) is 5.12. The summed E-state index contributed by atoms with van der Waals surface area (Å²) in [5, 5.41) is 7.11. The van der Waals surface area contributed by atoms with E-state index < -0.39 is 0 Å². The zero-order chi connectivity index (χ0) is 10.3. The van der Waals surface area contributed by atoms with Crippen LogP contribution in [-0.4, -0.2) is 20.2 Å². The second kappa shape index (κ2) is 3.29. The number of aromatic nitrogens is 4. The molecule has 74 valence electrons. The fourth-order valence-corrected chi connectivity index (χ4v) is 1.89. The topological polar surface area (TPSA) is 60.3 Å². The van der Waals surface area contributed by atoms with E-state index in [1.165, 1.54) is 0 Å². The molecule has 3 N–H and O–H groups in total. The van der Waals surface area contributed by atoms with Crippen LogP contribution in [0.1, 0.15) is 25.5 Å². The van der Waals surface area contributed by atoms with Gasteiger partial charge in [-0.15, -0.1) is 0 Å². The molecular weight excluding hydrogens is 216 g/mol. The average molecular weight is 226 g/mol. The Hall–Kier alpha value is -1.01. The lowest BCUT2D eigenvalue weighted by atomic mass is 10.1. The predicted octanol–water partition coefficient (Wildman–Crippen LogP) is 2.80. The molecule has 2 aromatic rings. The summed E-state index contributed by atoms with van der Waals surface area (Å²) >= 11 is 10.1. The second-order valence-electron chi connectivity index (χ2n) is 3.42. The quantitative estimate of drug-likeness (QED) is 0.655. The third kappa shape index (κ3) is 1.40. The summed E-state index contributed by atoms with van der Waals surface area (Å²) in [7, 11) is 0. The lowest BCUT2D eigenvalue weighted by molar-refractivity contribution is 0.815. The van der Waals surface area contributed by atoms with Crippen molar-refractivity contribution in [3.8, 4) is 0 Å². The third-order valence-electron chi connectivity index (χ3n) is 2.05. The van der Waals surface area contributed by atoms with Crippen molar-refractivity contribution < 1.29 is 0 Å². The molecule has 14 heavy (non-hydrogen) atoms. The van der Waals surface area contributed by atoms with Crippen molar-refractivity contribution in [2.24, 2.45) is 0 Å². The van der Waals surface area contributed by atoms with Gasteiger partial charge in [-0.25, -0.2) is 0 Å². The minimum absolute atomic E-state index is 0.363. The lowest BCUT2D eigenvalue weighted by Crippen LogP contribution is -1.90. The minimum atomic E-state index is 0.363. The number of hydrogen-bond acceptors (Lipinski definition) is 3. The Morgan fingerprint density at radius 1 is 1.21 bits per heavy atom. The highest BCUT2D eigenvalue weighted by Gasteiger charge is 2.09. The fourth-order valence-electron chi connectivity index (χ4n) is 1.37. The molecule has 6 heteroatoms. The van der Waals surface area contributed by atoms with Crippen molar-refractivity contribution in [2.75, 3.05) is 0 Å². The SMILES string of the molecule is CC(C)c1[nH]nc2c(=S)[nH]c(=S)[nH]c12. The number of rotatable bonds is 1. The van der Waals surface area contributed by atoms with Crippen LogP contribution in [0.25, 0.3) is 11.0 Å². The van der Waals surface area contributed by atoms with E-state index in [4.69, 9.17) is 24.4 Å². The van der Waals surface area contributed by atoms with E-state index in [9.17, 15) is 0 Å². The molecule has 0 aliphatic carbocycles. The van der Waals surface area contributed by atoms with Crippen molar-refractivity contribution in [3.05, 3.63) is 15.1 Å². The van der Waals surface area contributed by atoms with E-state index in [0.717, 1.165) is 16.7 Å². The Bertz CT molecular complexity index is 575. The van der Waals surface area contributed by atoms with Gasteiger partial charge in [0.1, 0.15) is 10.2 Å². The van der Waals surface area contributed by atoms with Gasteiger partial charge in [0.25, 0.3) is 0 Å². The summed E-state index contributed by atoms with van der Waals surface area (Å²) < 4.78 is 1.11. The minimum Gasteiger partial charge on any atom is -0.329 e. The van der Waals surface area contributed by atoms with E-state index >= 15 is 0 Å². The fraction of sp³-hybridized carbons (Fsp3) is 0.375. The van der Waals surface area contributed by atoms with Crippen LogP contribution in [0.15, 0.2) is 0 Å². The van der Waals surface area contributed by atoms with Gasteiger partial charge in [0.2, 0.25) is 0 Å². The Labute approximate surface area is 90.8 Å². The molecule has 0 aliphatic heterocycles. The van der Waals surface area contributed by atoms with Gasteiger partial charge in [0.05, 0.1) is 11.2 Å². The lowest BCUT2D eigenvalue weighted by Gasteiger charge is -2.00. The predicted molar refractivity (Wildman–Crippen MR) is 60.6 cm³/mol. The molecule has 0 radical (unpaired) electrons. The average Bonchev–Trinajstić information content (AvgIpc) is 2.47. The molecular formula is C8H10N4S2. The highest BCUT2D eigenvalue weighted by Crippen LogP contribution is 2.20. The van der Waals surface area contributed by atoms with Crippen LogP contribution in [0.5, 0.6) is 0 Å². The maximum atomic E-state index is 5.12. The van der Waals surface area contributed by atoms with Gasteiger partial charge < -0.3 is 9.97 Å². The first kappa shape index (κ1) is 9.54. The molecule has 2 aromatic heterocycles. The van der Waals surface area contributed by atoms with Crippen LogP contribution < -0.4 is 0 Å². The molecule has 0 unspecified atom stereocenters. The number of aromatic amines is 3. The molecule has 0 saturated carbocycles. The smallest absolute Gasteiger partial charge is 0.176 e. The van der Waals surface area contributed by atoms with Gasteiger partial charge in [-0.2, -0.15) is 5.10 Å². The first-order chi connectivity index (χ1) is 6.59. The third-order valence-corrected chi connectivity index (χ3v) is 2.55. The Kier molecular flexibility index (Phi) is 2.24. The molecule has 0 aliphatic rings. The highest BCUT2D eigenvalue weighted by atomic mass is 32.1. The molecule has 0 bridgehead atoms. The summed E-state index contributed by atoms with van der Waals surface area (Å²) in [6.45, 7) is 4.17. The zero-order valence-electron chi connectivity index (χ0n) is 7.84. The molecule has 0 amide bonds. The Morgan fingerprint density at radius 3 is 2.57 bits per heavy atom. The van der Waals surface area contributed by atoms with Crippen molar-refractivity contribution >= 4 is 35.5 Å². The number of fused-ring (bicyclic) bond motifs is 1. The largest absolute Gasteiger partial charge is 0.329 e. The number of H-pyrrole nitrogens is 3. The maximum absolute atomic E-state index is 5.12. The first-order valence-electron chi connectivity index (χ1n) is 4.30. The normalized spacial score (nSPS) is 11.4. The van der Waals surface area contributed by atoms with Gasteiger partial charge in [-0.3, -0.25) is 5.10 Å². The van der Waals surface area contributed by atoms with Crippen LogP contribution in [0.2, 0.25) is 0 Å².